The Balaban J connectivity index is 2.72. The zero-order valence-electron chi connectivity index (χ0n) is 15.6. The second kappa shape index (κ2) is 11.8. The largest absolute Gasteiger partial charge is 0.497 e. The average molecular weight is 336 g/mol. The molecule has 136 valence electrons. The van der Waals surface area contributed by atoms with E-state index in [0.29, 0.717) is 6.61 Å². The molecule has 0 aromatic heterocycles. The van der Waals surface area contributed by atoms with E-state index in [1.54, 1.807) is 14.2 Å². The van der Waals surface area contributed by atoms with Crippen molar-refractivity contribution < 1.29 is 19.0 Å². The van der Waals surface area contributed by atoms with Crippen molar-refractivity contribution in [2.45, 2.75) is 64.7 Å². The lowest BCUT2D eigenvalue weighted by Crippen LogP contribution is -2.12. The first-order valence-corrected chi connectivity index (χ1v) is 8.97. The quantitative estimate of drug-likeness (QED) is 0.393. The molecule has 1 unspecified atom stereocenters. The van der Waals surface area contributed by atoms with Gasteiger partial charge in [-0.1, -0.05) is 51.5 Å². The van der Waals surface area contributed by atoms with Gasteiger partial charge in [0, 0.05) is 24.5 Å². The van der Waals surface area contributed by atoms with E-state index in [0.717, 1.165) is 29.9 Å². The monoisotopic (exact) mass is 336 g/mol. The molecule has 0 radical (unpaired) electrons. The standard InChI is InChI=1S/C20H32O4/c1-5-6-7-8-9-10-11-17(15-24-16(2)21)19-13-12-18(22-3)14-20(19)23-4/h12-14,17H,5-11,15H2,1-4H3. The second-order valence-electron chi connectivity index (χ2n) is 6.16. The zero-order valence-corrected chi connectivity index (χ0v) is 15.6. The van der Waals surface area contributed by atoms with E-state index in [4.69, 9.17) is 14.2 Å². The number of methoxy groups -OCH3 is 2. The summed E-state index contributed by atoms with van der Waals surface area (Å²) in [5, 5.41) is 0. The molecule has 0 saturated carbocycles. The maximum atomic E-state index is 11.2. The summed E-state index contributed by atoms with van der Waals surface area (Å²) in [6, 6.07) is 5.83. The van der Waals surface area contributed by atoms with Crippen LogP contribution in [-0.4, -0.2) is 26.8 Å². The molecule has 4 nitrogen and oxygen atoms in total. The van der Waals surface area contributed by atoms with E-state index in [1.165, 1.54) is 39.0 Å². The van der Waals surface area contributed by atoms with Crippen molar-refractivity contribution in [2.24, 2.45) is 0 Å². The normalized spacial score (nSPS) is 11.8. The molecule has 0 fully saturated rings. The van der Waals surface area contributed by atoms with Gasteiger partial charge < -0.3 is 14.2 Å². The Morgan fingerprint density at radius 3 is 2.38 bits per heavy atom. The van der Waals surface area contributed by atoms with E-state index in [9.17, 15) is 4.79 Å². The topological polar surface area (TPSA) is 44.8 Å². The maximum Gasteiger partial charge on any atom is 0.302 e. The molecule has 4 heteroatoms. The molecule has 0 N–H and O–H groups in total. The Labute approximate surface area is 146 Å². The van der Waals surface area contributed by atoms with Crippen LogP contribution in [0, 0.1) is 0 Å². The number of unbranched alkanes of at least 4 members (excludes halogenated alkanes) is 5. The summed E-state index contributed by atoms with van der Waals surface area (Å²) in [6.07, 6.45) is 8.48. The van der Waals surface area contributed by atoms with Gasteiger partial charge >= 0.3 is 5.97 Å². The molecule has 1 atom stereocenters. The highest BCUT2D eigenvalue weighted by Gasteiger charge is 2.18. The molecule has 0 aliphatic rings. The van der Waals surface area contributed by atoms with E-state index >= 15 is 0 Å². The van der Waals surface area contributed by atoms with E-state index in [1.807, 2.05) is 18.2 Å². The van der Waals surface area contributed by atoms with Crippen LogP contribution in [0.4, 0.5) is 0 Å². The minimum absolute atomic E-state index is 0.154. The van der Waals surface area contributed by atoms with Gasteiger partial charge in [0.1, 0.15) is 11.5 Å². The molecule has 0 saturated heterocycles. The highest BCUT2D eigenvalue weighted by molar-refractivity contribution is 5.66. The summed E-state index contributed by atoms with van der Waals surface area (Å²) >= 11 is 0. The minimum Gasteiger partial charge on any atom is -0.497 e. The number of hydrogen-bond acceptors (Lipinski definition) is 4. The predicted octanol–water partition coefficient (Wildman–Crippen LogP) is 5.10. The third kappa shape index (κ3) is 7.24. The first-order valence-electron chi connectivity index (χ1n) is 8.97. The Kier molecular flexibility index (Phi) is 9.97. The summed E-state index contributed by atoms with van der Waals surface area (Å²) in [4.78, 5) is 11.2. The number of carbonyl (C=O) groups excluding carboxylic acids is 1. The highest BCUT2D eigenvalue weighted by atomic mass is 16.5. The van der Waals surface area contributed by atoms with Crippen LogP contribution >= 0.6 is 0 Å². The lowest BCUT2D eigenvalue weighted by molar-refractivity contribution is -0.141. The second-order valence-corrected chi connectivity index (χ2v) is 6.16. The van der Waals surface area contributed by atoms with Gasteiger partial charge in [0.15, 0.2) is 0 Å². The predicted molar refractivity (Wildman–Crippen MR) is 96.9 cm³/mol. The molecular formula is C20H32O4. The van der Waals surface area contributed by atoms with Gasteiger partial charge in [-0.05, 0) is 12.5 Å². The van der Waals surface area contributed by atoms with E-state index < -0.39 is 0 Å². The minimum atomic E-state index is -0.240. The molecule has 0 spiro atoms. The van der Waals surface area contributed by atoms with Crippen molar-refractivity contribution in [3.8, 4) is 11.5 Å². The van der Waals surface area contributed by atoms with Crippen LogP contribution in [0.2, 0.25) is 0 Å². The van der Waals surface area contributed by atoms with Crippen LogP contribution in [0.1, 0.15) is 70.3 Å². The summed E-state index contributed by atoms with van der Waals surface area (Å²) < 4.78 is 16.1. The van der Waals surface area contributed by atoms with Crippen LogP contribution in [0.3, 0.4) is 0 Å². The Morgan fingerprint density at radius 2 is 1.75 bits per heavy atom. The van der Waals surface area contributed by atoms with Crippen LogP contribution < -0.4 is 9.47 Å². The fourth-order valence-corrected chi connectivity index (χ4v) is 2.87. The molecular weight excluding hydrogens is 304 g/mol. The summed E-state index contributed by atoms with van der Waals surface area (Å²) in [6.45, 7) is 4.07. The molecule has 0 aliphatic carbocycles. The first-order chi connectivity index (χ1) is 11.6. The Morgan fingerprint density at radius 1 is 1.04 bits per heavy atom. The number of carbonyl (C=O) groups is 1. The van der Waals surface area contributed by atoms with Crippen molar-refractivity contribution in [2.75, 3.05) is 20.8 Å². The third-order valence-electron chi connectivity index (χ3n) is 4.27. The lowest BCUT2D eigenvalue weighted by atomic mass is 9.92. The fraction of sp³-hybridized carbons (Fsp3) is 0.650. The summed E-state index contributed by atoms with van der Waals surface area (Å²) in [5.74, 6) is 1.47. The molecule has 0 heterocycles. The summed E-state index contributed by atoms with van der Waals surface area (Å²) in [7, 11) is 3.30. The molecule has 0 amide bonds. The lowest BCUT2D eigenvalue weighted by Gasteiger charge is -2.20. The molecule has 0 bridgehead atoms. The van der Waals surface area contributed by atoms with Gasteiger partial charge in [-0.2, -0.15) is 0 Å². The van der Waals surface area contributed by atoms with Crippen molar-refractivity contribution in [1.82, 2.24) is 0 Å². The number of esters is 1. The number of ether oxygens (including phenoxy) is 3. The zero-order chi connectivity index (χ0) is 17.8. The van der Waals surface area contributed by atoms with Crippen LogP contribution in [-0.2, 0) is 9.53 Å². The van der Waals surface area contributed by atoms with Gasteiger partial charge in [-0.25, -0.2) is 0 Å². The van der Waals surface area contributed by atoms with Gasteiger partial charge in [-0.3, -0.25) is 4.79 Å². The maximum absolute atomic E-state index is 11.2. The van der Waals surface area contributed by atoms with Crippen molar-refractivity contribution in [3.63, 3.8) is 0 Å². The third-order valence-corrected chi connectivity index (χ3v) is 4.27. The number of hydrogen-bond donors (Lipinski definition) is 0. The van der Waals surface area contributed by atoms with Gasteiger partial charge in [0.05, 0.1) is 20.8 Å². The first kappa shape index (κ1) is 20.3. The van der Waals surface area contributed by atoms with Gasteiger partial charge in [0.25, 0.3) is 0 Å². The number of benzene rings is 1. The highest BCUT2D eigenvalue weighted by Crippen LogP contribution is 2.33. The smallest absolute Gasteiger partial charge is 0.302 e. The van der Waals surface area contributed by atoms with Crippen LogP contribution in [0.5, 0.6) is 11.5 Å². The Hall–Kier alpha value is -1.71. The van der Waals surface area contributed by atoms with Crippen molar-refractivity contribution >= 4 is 5.97 Å². The van der Waals surface area contributed by atoms with Gasteiger partial charge in [0.2, 0.25) is 0 Å². The molecule has 24 heavy (non-hydrogen) atoms. The molecule has 1 rings (SSSR count). The summed E-state index contributed by atoms with van der Waals surface area (Å²) in [5.41, 5.74) is 1.08. The van der Waals surface area contributed by atoms with E-state index in [-0.39, 0.29) is 11.9 Å². The van der Waals surface area contributed by atoms with Crippen molar-refractivity contribution in [1.29, 1.82) is 0 Å². The molecule has 1 aromatic rings. The fourth-order valence-electron chi connectivity index (χ4n) is 2.87. The van der Waals surface area contributed by atoms with E-state index in [2.05, 4.69) is 6.92 Å². The van der Waals surface area contributed by atoms with Crippen LogP contribution in [0.25, 0.3) is 0 Å². The average Bonchev–Trinajstić information content (AvgIpc) is 2.59. The molecule has 0 aliphatic heterocycles. The van der Waals surface area contributed by atoms with Crippen LogP contribution in [0.15, 0.2) is 18.2 Å². The van der Waals surface area contributed by atoms with Crippen molar-refractivity contribution in [3.05, 3.63) is 23.8 Å². The van der Waals surface area contributed by atoms with Gasteiger partial charge in [-0.15, -0.1) is 0 Å². The SMILES string of the molecule is CCCCCCCCC(COC(C)=O)c1ccc(OC)cc1OC. The molecule has 1 aromatic carbocycles. The Bertz CT molecular complexity index is 485. The number of rotatable bonds is 12.